The van der Waals surface area contributed by atoms with Gasteiger partial charge in [-0.3, -0.25) is 9.59 Å². The van der Waals surface area contributed by atoms with Gasteiger partial charge in [0.05, 0.1) is 10.6 Å². The average Bonchev–Trinajstić information content (AvgIpc) is 3.37. The molecule has 1 aliphatic heterocycles. The Bertz CT molecular complexity index is 1570. The number of primary amides is 1. The van der Waals surface area contributed by atoms with E-state index in [2.05, 4.69) is 10.1 Å². The van der Waals surface area contributed by atoms with Crippen LogP contribution in [0.25, 0.3) is 11.1 Å². The number of hydrogen-bond acceptors (Lipinski definition) is 5. The molecule has 0 saturated heterocycles. The highest BCUT2D eigenvalue weighted by atomic mass is 35.5. The van der Waals surface area contributed by atoms with Crippen LogP contribution in [0.1, 0.15) is 47.2 Å². The molecule has 0 bridgehead atoms. The van der Waals surface area contributed by atoms with Gasteiger partial charge in [0.1, 0.15) is 11.6 Å². The number of nitrogens with zero attached hydrogens (tertiary/aromatic N) is 1. The third-order valence-electron chi connectivity index (χ3n) is 8.39. The summed E-state index contributed by atoms with van der Waals surface area (Å²) in [6.07, 6.45) is 3.05. The molecule has 1 atom stereocenters. The van der Waals surface area contributed by atoms with Crippen molar-refractivity contribution in [2.45, 2.75) is 50.4 Å². The largest absolute Gasteiger partial charge is 0.480 e. The van der Waals surface area contributed by atoms with Crippen LogP contribution in [0, 0.1) is 17.6 Å². The number of nitrogens with one attached hydrogen (secondary N) is 1. The van der Waals surface area contributed by atoms with Crippen LogP contribution in [0.15, 0.2) is 48.5 Å². The lowest BCUT2D eigenvalue weighted by Crippen LogP contribution is -2.47. The fraction of sp³-hybridized carbons (Fsp3) is 0.375. The van der Waals surface area contributed by atoms with Crippen molar-refractivity contribution in [3.05, 3.63) is 81.9 Å². The van der Waals surface area contributed by atoms with Gasteiger partial charge in [-0.2, -0.15) is 8.78 Å². The second-order valence-electron chi connectivity index (χ2n) is 11.4. The number of alkyl halides is 2. The smallest absolute Gasteiger partial charge is 0.387 e. The molecule has 1 fully saturated rings. The number of halogens is 5. The summed E-state index contributed by atoms with van der Waals surface area (Å²) in [4.78, 5) is 26.4. The molecule has 2 amide bonds. The van der Waals surface area contributed by atoms with Gasteiger partial charge in [0.15, 0.2) is 17.2 Å². The summed E-state index contributed by atoms with van der Waals surface area (Å²) in [7, 11) is 3.49. The molecule has 0 spiro atoms. The first-order chi connectivity index (χ1) is 20.9. The molecule has 0 aromatic heterocycles. The van der Waals surface area contributed by atoms with E-state index in [1.807, 2.05) is 30.3 Å². The quantitative estimate of drug-likeness (QED) is 0.280. The molecule has 5 rings (SSSR count). The van der Waals surface area contributed by atoms with Crippen molar-refractivity contribution >= 4 is 23.4 Å². The Morgan fingerprint density at radius 2 is 1.77 bits per heavy atom. The number of fused-ring (bicyclic) bond motifs is 1. The highest BCUT2D eigenvalue weighted by Crippen LogP contribution is 2.50. The molecular weight excluding hydrogens is 602 g/mol. The third kappa shape index (κ3) is 6.08. The highest BCUT2D eigenvalue weighted by molar-refractivity contribution is 6.34. The van der Waals surface area contributed by atoms with Crippen LogP contribution in [0.2, 0.25) is 5.02 Å². The van der Waals surface area contributed by atoms with Crippen molar-refractivity contribution in [2.24, 2.45) is 11.7 Å². The highest BCUT2D eigenvalue weighted by Gasteiger charge is 2.44. The van der Waals surface area contributed by atoms with Crippen molar-refractivity contribution in [1.29, 1.82) is 0 Å². The normalized spacial score (nSPS) is 21.1. The Kier molecular flexibility index (Phi) is 9.08. The minimum absolute atomic E-state index is 0.0371. The van der Waals surface area contributed by atoms with Gasteiger partial charge in [0, 0.05) is 61.8 Å². The summed E-state index contributed by atoms with van der Waals surface area (Å²) in [5.74, 6) is -4.10. The fourth-order valence-electron chi connectivity index (χ4n) is 6.22. The van der Waals surface area contributed by atoms with Gasteiger partial charge in [-0.25, -0.2) is 8.78 Å². The Balaban J connectivity index is 1.54. The van der Waals surface area contributed by atoms with Crippen LogP contribution in [-0.4, -0.2) is 50.0 Å². The van der Waals surface area contributed by atoms with E-state index in [-0.39, 0.29) is 47.7 Å². The van der Waals surface area contributed by atoms with Gasteiger partial charge in [-0.15, -0.1) is 0 Å². The molecule has 7 nitrogen and oxygen atoms in total. The van der Waals surface area contributed by atoms with E-state index in [0.717, 1.165) is 49.4 Å². The molecule has 3 aromatic carbocycles. The Labute approximate surface area is 257 Å². The molecule has 0 unspecified atom stereocenters. The summed E-state index contributed by atoms with van der Waals surface area (Å²) in [6, 6.07) is 12.2. The van der Waals surface area contributed by atoms with Gasteiger partial charge in [0.2, 0.25) is 11.8 Å². The topological polar surface area (TPSA) is 93.9 Å². The van der Waals surface area contributed by atoms with Crippen molar-refractivity contribution in [3.63, 3.8) is 0 Å². The third-order valence-corrected chi connectivity index (χ3v) is 8.75. The van der Waals surface area contributed by atoms with E-state index < -0.39 is 51.7 Å². The fourth-order valence-corrected chi connectivity index (χ4v) is 6.48. The number of nitrogens with two attached hydrogens (primary N) is 1. The van der Waals surface area contributed by atoms with E-state index in [1.54, 1.807) is 19.0 Å². The average molecular weight is 634 g/mol. The Morgan fingerprint density at radius 1 is 1.09 bits per heavy atom. The lowest BCUT2D eigenvalue weighted by Gasteiger charge is -2.35. The zero-order valence-corrected chi connectivity index (χ0v) is 24.9. The monoisotopic (exact) mass is 633 g/mol. The molecule has 3 aromatic rings. The first kappa shape index (κ1) is 31.6. The maximum absolute atomic E-state index is 15.8. The molecule has 2 aliphatic rings. The van der Waals surface area contributed by atoms with E-state index in [0.29, 0.717) is 0 Å². The van der Waals surface area contributed by atoms with Gasteiger partial charge < -0.3 is 25.4 Å². The Morgan fingerprint density at radius 3 is 2.39 bits per heavy atom. The van der Waals surface area contributed by atoms with E-state index in [1.165, 1.54) is 0 Å². The molecule has 3 N–H and O–H groups in total. The van der Waals surface area contributed by atoms with Crippen LogP contribution in [0.3, 0.4) is 0 Å². The van der Waals surface area contributed by atoms with Gasteiger partial charge >= 0.3 is 6.61 Å². The number of amides is 2. The summed E-state index contributed by atoms with van der Waals surface area (Å²) in [5.41, 5.74) is 4.27. The molecule has 1 aliphatic carbocycles. The first-order valence-electron chi connectivity index (χ1n) is 14.2. The minimum Gasteiger partial charge on any atom is -0.480 e. The van der Waals surface area contributed by atoms with Crippen LogP contribution < -0.4 is 20.5 Å². The molecule has 234 valence electrons. The maximum Gasteiger partial charge on any atom is 0.387 e. The second kappa shape index (κ2) is 12.6. The summed E-state index contributed by atoms with van der Waals surface area (Å²) in [5, 5.41) is 3.03. The molecule has 12 heteroatoms. The van der Waals surface area contributed by atoms with Gasteiger partial charge in [0.25, 0.3) is 0 Å². The zero-order valence-electron chi connectivity index (χ0n) is 24.1. The van der Waals surface area contributed by atoms with Crippen LogP contribution in [-0.2, 0) is 16.8 Å². The number of benzene rings is 3. The standard InChI is InChI=1S/C32H32ClF4N3O4/c1-40(2)30(42)17-8-10-19(11-9-17)39-16-32(18-6-4-3-5-7-18)15-21-24(44-32)14-22(34)27(33)25(21)26-20(29(38)41)12-13-23(28(26)35)43-31(36)37/h3-7,12-14,17,19,31,39H,8-11,15-16H2,1-2H3,(H2,38,41)/t17?,19?,32-/m1/s1. The first-order valence-corrected chi connectivity index (χ1v) is 14.6. The van der Waals surface area contributed by atoms with Crippen molar-refractivity contribution in [1.82, 2.24) is 10.2 Å². The minimum atomic E-state index is -3.36. The van der Waals surface area contributed by atoms with Crippen LogP contribution in [0.4, 0.5) is 17.6 Å². The molecular formula is C32H32ClF4N3O4. The molecule has 0 radical (unpaired) electrons. The van der Waals surface area contributed by atoms with E-state index in [9.17, 15) is 18.4 Å². The zero-order chi connectivity index (χ0) is 31.8. The lowest BCUT2D eigenvalue weighted by atomic mass is 9.83. The molecule has 1 saturated carbocycles. The Hall–Kier alpha value is -3.83. The molecule has 1 heterocycles. The summed E-state index contributed by atoms with van der Waals surface area (Å²) in [6.45, 7) is -3.09. The van der Waals surface area contributed by atoms with E-state index >= 15 is 8.78 Å². The number of rotatable bonds is 9. The number of hydrogen-bond donors (Lipinski definition) is 2. The lowest BCUT2D eigenvalue weighted by molar-refractivity contribution is -0.134. The molecule has 44 heavy (non-hydrogen) atoms. The van der Waals surface area contributed by atoms with Crippen LogP contribution >= 0.6 is 11.6 Å². The maximum atomic E-state index is 15.8. The predicted molar refractivity (Wildman–Crippen MR) is 157 cm³/mol. The predicted octanol–water partition coefficient (Wildman–Crippen LogP) is 6.05. The van der Waals surface area contributed by atoms with Gasteiger partial charge in [-0.05, 0) is 43.4 Å². The van der Waals surface area contributed by atoms with E-state index in [4.69, 9.17) is 22.1 Å². The SMILES string of the molecule is CN(C)C(=O)C1CCC(NC[C@@]2(c3ccccc3)Cc3c(cc(F)c(Cl)c3-c3c(C(N)=O)ccc(OC(F)F)c3F)O2)CC1. The summed E-state index contributed by atoms with van der Waals surface area (Å²) < 4.78 is 68.1. The van der Waals surface area contributed by atoms with Crippen molar-refractivity contribution < 1.29 is 36.6 Å². The van der Waals surface area contributed by atoms with Gasteiger partial charge in [-0.1, -0.05) is 41.9 Å². The van der Waals surface area contributed by atoms with Crippen molar-refractivity contribution in [2.75, 3.05) is 20.6 Å². The number of ether oxygens (including phenoxy) is 2. The van der Waals surface area contributed by atoms with Crippen molar-refractivity contribution in [3.8, 4) is 22.6 Å². The second-order valence-corrected chi connectivity index (χ2v) is 11.7. The summed E-state index contributed by atoms with van der Waals surface area (Å²) >= 11 is 6.43. The number of carbonyl (C=O) groups is 2. The number of carbonyl (C=O) groups excluding carboxylic acids is 2. The van der Waals surface area contributed by atoms with Crippen LogP contribution in [0.5, 0.6) is 11.5 Å².